The van der Waals surface area contributed by atoms with Gasteiger partial charge in [-0.25, -0.2) is 9.59 Å². The average molecular weight is 419 g/mol. The van der Waals surface area contributed by atoms with Gasteiger partial charge in [0.2, 0.25) is 5.78 Å². The third-order valence-corrected chi connectivity index (χ3v) is 5.01. The SMILES string of the molecule is Cc1ccc(-n2c(C)cc(C(=O)COC(=O)c3ccc(CNC(N)=O)cc3)c2C)cc1. The van der Waals surface area contributed by atoms with Crippen LogP contribution in [-0.4, -0.2) is 29.0 Å². The average Bonchev–Trinajstić information content (AvgIpc) is 3.05. The van der Waals surface area contributed by atoms with E-state index in [9.17, 15) is 14.4 Å². The first kappa shape index (κ1) is 21.8. The lowest BCUT2D eigenvalue weighted by Crippen LogP contribution is -2.28. The fraction of sp³-hybridized carbons (Fsp3) is 0.208. The molecule has 0 fully saturated rings. The molecule has 2 aromatic carbocycles. The number of urea groups is 1. The molecular weight excluding hydrogens is 394 g/mol. The number of amides is 2. The van der Waals surface area contributed by atoms with Gasteiger partial charge in [-0.2, -0.15) is 0 Å². The van der Waals surface area contributed by atoms with E-state index in [4.69, 9.17) is 10.5 Å². The molecule has 160 valence electrons. The first-order valence-electron chi connectivity index (χ1n) is 9.85. The molecule has 0 aliphatic rings. The molecule has 0 aliphatic carbocycles. The van der Waals surface area contributed by atoms with Crippen LogP contribution in [0.25, 0.3) is 5.69 Å². The molecule has 7 nitrogen and oxygen atoms in total. The zero-order chi connectivity index (χ0) is 22.5. The summed E-state index contributed by atoms with van der Waals surface area (Å²) in [4.78, 5) is 35.8. The van der Waals surface area contributed by atoms with Gasteiger partial charge in [0.15, 0.2) is 6.61 Å². The lowest BCUT2D eigenvalue weighted by atomic mass is 10.1. The van der Waals surface area contributed by atoms with Crippen molar-refractivity contribution in [1.82, 2.24) is 9.88 Å². The lowest BCUT2D eigenvalue weighted by Gasteiger charge is -2.10. The second-order valence-corrected chi connectivity index (χ2v) is 7.37. The Bertz CT molecular complexity index is 1110. The van der Waals surface area contributed by atoms with E-state index >= 15 is 0 Å². The summed E-state index contributed by atoms with van der Waals surface area (Å²) >= 11 is 0. The Morgan fingerprint density at radius 2 is 1.61 bits per heavy atom. The molecule has 31 heavy (non-hydrogen) atoms. The number of ketones is 1. The summed E-state index contributed by atoms with van der Waals surface area (Å²) in [6.45, 7) is 5.75. The van der Waals surface area contributed by atoms with Gasteiger partial charge >= 0.3 is 12.0 Å². The number of ether oxygens (including phenoxy) is 1. The number of Topliss-reactive ketones (excluding diaryl/α,β-unsaturated/α-hetero) is 1. The van der Waals surface area contributed by atoms with E-state index in [-0.39, 0.29) is 18.9 Å². The molecule has 0 bridgehead atoms. The summed E-state index contributed by atoms with van der Waals surface area (Å²) < 4.78 is 7.23. The van der Waals surface area contributed by atoms with Gasteiger partial charge in [0.05, 0.1) is 5.56 Å². The van der Waals surface area contributed by atoms with Gasteiger partial charge in [-0.1, -0.05) is 29.8 Å². The van der Waals surface area contributed by atoms with E-state index in [0.29, 0.717) is 11.1 Å². The number of nitrogens with zero attached hydrogens (tertiary/aromatic N) is 1. The fourth-order valence-corrected chi connectivity index (χ4v) is 3.38. The first-order valence-corrected chi connectivity index (χ1v) is 9.85. The van der Waals surface area contributed by atoms with Crippen molar-refractivity contribution in [3.05, 3.63) is 88.2 Å². The maximum absolute atomic E-state index is 12.7. The minimum absolute atomic E-state index is 0.262. The summed E-state index contributed by atoms with van der Waals surface area (Å²) in [5.41, 5.74) is 10.5. The van der Waals surface area contributed by atoms with Crippen molar-refractivity contribution in [2.24, 2.45) is 5.73 Å². The number of carbonyl (C=O) groups is 3. The molecule has 0 aliphatic heterocycles. The molecule has 0 spiro atoms. The molecule has 0 saturated heterocycles. The van der Waals surface area contributed by atoms with Crippen LogP contribution in [0, 0.1) is 20.8 Å². The van der Waals surface area contributed by atoms with E-state index in [0.717, 1.165) is 28.2 Å². The van der Waals surface area contributed by atoms with Crippen LogP contribution in [0.5, 0.6) is 0 Å². The molecule has 3 rings (SSSR count). The number of aromatic nitrogens is 1. The lowest BCUT2D eigenvalue weighted by molar-refractivity contribution is 0.0474. The first-order chi connectivity index (χ1) is 14.8. The predicted molar refractivity (Wildman–Crippen MR) is 117 cm³/mol. The Labute approximate surface area is 180 Å². The van der Waals surface area contributed by atoms with E-state index < -0.39 is 12.0 Å². The molecule has 1 heterocycles. The Morgan fingerprint density at radius 1 is 0.968 bits per heavy atom. The van der Waals surface area contributed by atoms with Crippen LogP contribution in [-0.2, 0) is 11.3 Å². The van der Waals surface area contributed by atoms with Gasteiger partial charge < -0.3 is 20.4 Å². The predicted octanol–water partition coefficient (Wildman–Crippen LogP) is 3.61. The van der Waals surface area contributed by atoms with Crippen molar-refractivity contribution in [2.75, 3.05) is 6.61 Å². The largest absolute Gasteiger partial charge is 0.454 e. The second kappa shape index (κ2) is 9.30. The van der Waals surface area contributed by atoms with E-state index in [1.807, 2.05) is 55.7 Å². The third-order valence-electron chi connectivity index (χ3n) is 5.01. The molecule has 2 amide bonds. The molecule has 3 aromatic rings. The Balaban J connectivity index is 1.65. The molecule has 0 unspecified atom stereocenters. The number of aryl methyl sites for hydroxylation is 2. The highest BCUT2D eigenvalue weighted by Crippen LogP contribution is 2.22. The van der Waals surface area contributed by atoms with Crippen LogP contribution in [0.3, 0.4) is 0 Å². The minimum atomic E-state index is -0.622. The molecule has 7 heteroatoms. The zero-order valence-electron chi connectivity index (χ0n) is 17.8. The number of hydrogen-bond donors (Lipinski definition) is 2. The van der Waals surface area contributed by atoms with Gasteiger partial charge in [0, 0.05) is 29.2 Å². The number of hydrogen-bond acceptors (Lipinski definition) is 4. The van der Waals surface area contributed by atoms with Gasteiger partial charge in [0.25, 0.3) is 0 Å². The minimum Gasteiger partial charge on any atom is -0.454 e. The summed E-state index contributed by atoms with van der Waals surface area (Å²) in [5, 5.41) is 2.47. The highest BCUT2D eigenvalue weighted by Gasteiger charge is 2.18. The summed E-state index contributed by atoms with van der Waals surface area (Å²) in [7, 11) is 0. The molecule has 0 radical (unpaired) electrons. The number of nitrogens with two attached hydrogens (primary N) is 1. The van der Waals surface area contributed by atoms with Crippen molar-refractivity contribution in [1.29, 1.82) is 0 Å². The van der Waals surface area contributed by atoms with Crippen LogP contribution < -0.4 is 11.1 Å². The Hall–Kier alpha value is -3.87. The summed E-state index contributed by atoms with van der Waals surface area (Å²) in [6.07, 6.45) is 0. The van der Waals surface area contributed by atoms with Gasteiger partial charge in [0.1, 0.15) is 0 Å². The van der Waals surface area contributed by atoms with Crippen molar-refractivity contribution < 1.29 is 19.1 Å². The van der Waals surface area contributed by atoms with Gasteiger partial charge in [-0.05, 0) is 56.7 Å². The number of nitrogens with one attached hydrogen (secondary N) is 1. The van der Waals surface area contributed by atoms with E-state index in [2.05, 4.69) is 5.32 Å². The molecule has 1 aromatic heterocycles. The number of benzene rings is 2. The quantitative estimate of drug-likeness (QED) is 0.451. The fourth-order valence-electron chi connectivity index (χ4n) is 3.38. The zero-order valence-corrected chi connectivity index (χ0v) is 17.8. The normalized spacial score (nSPS) is 10.5. The molecule has 3 N–H and O–H groups in total. The second-order valence-electron chi connectivity index (χ2n) is 7.37. The molecule has 0 atom stereocenters. The van der Waals surface area contributed by atoms with Crippen LogP contribution in [0.2, 0.25) is 0 Å². The number of primary amides is 1. The Kier molecular flexibility index (Phi) is 6.55. The van der Waals surface area contributed by atoms with Crippen LogP contribution in [0.4, 0.5) is 4.79 Å². The van der Waals surface area contributed by atoms with Crippen LogP contribution >= 0.6 is 0 Å². The van der Waals surface area contributed by atoms with Crippen LogP contribution in [0.1, 0.15) is 43.2 Å². The van der Waals surface area contributed by atoms with Crippen molar-refractivity contribution >= 4 is 17.8 Å². The Morgan fingerprint density at radius 3 is 2.23 bits per heavy atom. The standard InChI is InChI=1S/C24H25N3O4/c1-15-4-10-20(11-5-15)27-16(2)12-21(17(27)3)22(28)14-31-23(29)19-8-6-18(7-9-19)13-26-24(25)30/h4-12H,13-14H2,1-3H3,(H3,25,26,30). The smallest absolute Gasteiger partial charge is 0.338 e. The van der Waals surface area contributed by atoms with Crippen molar-refractivity contribution in [2.45, 2.75) is 27.3 Å². The van der Waals surface area contributed by atoms with Gasteiger partial charge in [-0.15, -0.1) is 0 Å². The van der Waals surface area contributed by atoms with E-state index in [1.165, 1.54) is 0 Å². The van der Waals surface area contributed by atoms with Gasteiger partial charge in [-0.3, -0.25) is 4.79 Å². The summed E-state index contributed by atoms with van der Waals surface area (Å²) in [5.74, 6) is -0.850. The maximum atomic E-state index is 12.7. The number of rotatable bonds is 7. The van der Waals surface area contributed by atoms with Crippen LogP contribution in [0.15, 0.2) is 54.6 Å². The number of carbonyl (C=O) groups excluding carboxylic acids is 3. The highest BCUT2D eigenvalue weighted by atomic mass is 16.5. The number of esters is 1. The monoisotopic (exact) mass is 419 g/mol. The molecular formula is C24H25N3O4. The van der Waals surface area contributed by atoms with E-state index in [1.54, 1.807) is 24.3 Å². The topological polar surface area (TPSA) is 103 Å². The van der Waals surface area contributed by atoms with Crippen molar-refractivity contribution in [3.63, 3.8) is 0 Å². The van der Waals surface area contributed by atoms with Crippen molar-refractivity contribution in [3.8, 4) is 5.69 Å². The third kappa shape index (κ3) is 5.19. The highest BCUT2D eigenvalue weighted by molar-refractivity contribution is 6.00. The maximum Gasteiger partial charge on any atom is 0.338 e. The molecule has 0 saturated carbocycles. The summed E-state index contributed by atoms with van der Waals surface area (Å²) in [6, 6.07) is 15.8.